The monoisotopic (exact) mass is 215 g/mol. The van der Waals surface area contributed by atoms with E-state index in [4.69, 9.17) is 9.47 Å². The number of rotatable bonds is 3. The third kappa shape index (κ3) is 1.84. The van der Waals surface area contributed by atoms with Crippen molar-refractivity contribution in [2.45, 2.75) is 0 Å². The Balaban J connectivity index is 2.62. The van der Waals surface area contributed by atoms with Crippen molar-refractivity contribution in [2.75, 3.05) is 14.2 Å². The smallest absolute Gasteiger partial charge is 0.130 e. The quantitative estimate of drug-likeness (QED) is 0.788. The van der Waals surface area contributed by atoms with E-state index in [1.165, 1.54) is 0 Å². The fourth-order valence-corrected chi connectivity index (χ4v) is 1.65. The molecule has 0 unspecified atom stereocenters. The molecule has 0 aliphatic heterocycles. The zero-order valence-corrected chi connectivity index (χ0v) is 9.31. The van der Waals surface area contributed by atoms with Gasteiger partial charge in [0.25, 0.3) is 0 Å². The second-order valence-electron chi connectivity index (χ2n) is 3.27. The van der Waals surface area contributed by atoms with Crippen LogP contribution in [0.5, 0.6) is 11.5 Å². The molecule has 16 heavy (non-hydrogen) atoms. The van der Waals surface area contributed by atoms with Gasteiger partial charge in [-0.25, -0.2) is 0 Å². The van der Waals surface area contributed by atoms with E-state index in [9.17, 15) is 0 Å². The summed E-state index contributed by atoms with van der Waals surface area (Å²) >= 11 is 0. The highest BCUT2D eigenvalue weighted by Gasteiger charge is 2.11. The first-order valence-electron chi connectivity index (χ1n) is 4.98. The minimum absolute atomic E-state index is 0.797. The van der Waals surface area contributed by atoms with Gasteiger partial charge < -0.3 is 9.47 Å². The van der Waals surface area contributed by atoms with Gasteiger partial charge in [-0.1, -0.05) is 6.07 Å². The van der Waals surface area contributed by atoms with Crippen LogP contribution in [-0.2, 0) is 0 Å². The molecule has 0 saturated heterocycles. The number of ether oxygens (including phenoxy) is 2. The van der Waals surface area contributed by atoms with Crippen LogP contribution in [0.1, 0.15) is 0 Å². The lowest BCUT2D eigenvalue weighted by molar-refractivity contribution is 0.397. The summed E-state index contributed by atoms with van der Waals surface area (Å²) in [6.07, 6.45) is 3.50. The van der Waals surface area contributed by atoms with Crippen molar-refractivity contribution in [3.8, 4) is 22.6 Å². The summed E-state index contributed by atoms with van der Waals surface area (Å²) in [6.45, 7) is 0. The summed E-state index contributed by atoms with van der Waals surface area (Å²) in [5.41, 5.74) is 1.99. The summed E-state index contributed by atoms with van der Waals surface area (Å²) in [5.74, 6) is 1.59. The predicted octanol–water partition coefficient (Wildman–Crippen LogP) is 2.77. The van der Waals surface area contributed by atoms with E-state index in [1.807, 2.05) is 30.3 Å². The normalized spacial score (nSPS) is 9.88. The molecule has 0 saturated carbocycles. The maximum Gasteiger partial charge on any atom is 0.130 e. The van der Waals surface area contributed by atoms with Crippen LogP contribution in [0.15, 0.2) is 42.7 Å². The molecule has 82 valence electrons. The lowest BCUT2D eigenvalue weighted by Crippen LogP contribution is -1.92. The van der Waals surface area contributed by atoms with E-state index in [-0.39, 0.29) is 0 Å². The van der Waals surface area contributed by atoms with Gasteiger partial charge in [0.1, 0.15) is 11.5 Å². The molecule has 2 aromatic rings. The van der Waals surface area contributed by atoms with Crippen LogP contribution < -0.4 is 9.47 Å². The average molecular weight is 215 g/mol. The molecule has 0 atom stereocenters. The number of hydrogen-bond donors (Lipinski definition) is 0. The largest absolute Gasteiger partial charge is 0.496 e. The predicted molar refractivity (Wildman–Crippen MR) is 62.8 cm³/mol. The van der Waals surface area contributed by atoms with Crippen LogP contribution >= 0.6 is 0 Å². The minimum atomic E-state index is 0.797. The van der Waals surface area contributed by atoms with E-state index in [0.717, 1.165) is 22.6 Å². The number of pyridine rings is 1. The second kappa shape index (κ2) is 4.66. The van der Waals surface area contributed by atoms with Crippen molar-refractivity contribution in [1.29, 1.82) is 0 Å². The number of hydrogen-bond acceptors (Lipinski definition) is 3. The molecule has 1 aromatic carbocycles. The average Bonchev–Trinajstić information content (AvgIpc) is 2.38. The van der Waals surface area contributed by atoms with Crippen molar-refractivity contribution in [3.63, 3.8) is 0 Å². The maximum absolute atomic E-state index is 5.34. The van der Waals surface area contributed by atoms with E-state index in [2.05, 4.69) is 4.98 Å². The summed E-state index contributed by atoms with van der Waals surface area (Å²) in [5, 5.41) is 0. The van der Waals surface area contributed by atoms with Gasteiger partial charge in [0.15, 0.2) is 0 Å². The maximum atomic E-state index is 5.34. The number of methoxy groups -OCH3 is 2. The van der Waals surface area contributed by atoms with Crippen LogP contribution in [0, 0.1) is 0 Å². The third-order valence-electron chi connectivity index (χ3n) is 2.40. The second-order valence-corrected chi connectivity index (χ2v) is 3.27. The standard InChI is InChI=1S/C13H13NO2/c1-15-11-4-3-5-12(16-2)13(11)10-6-8-14-9-7-10/h3-9H,1-2H3. The van der Waals surface area contributed by atoms with Crippen LogP contribution in [-0.4, -0.2) is 19.2 Å². The molecule has 0 fully saturated rings. The van der Waals surface area contributed by atoms with E-state index >= 15 is 0 Å². The van der Waals surface area contributed by atoms with Gasteiger partial charge in [-0.15, -0.1) is 0 Å². The van der Waals surface area contributed by atoms with E-state index < -0.39 is 0 Å². The Hall–Kier alpha value is -2.03. The van der Waals surface area contributed by atoms with Crippen molar-refractivity contribution < 1.29 is 9.47 Å². The van der Waals surface area contributed by atoms with E-state index in [0.29, 0.717) is 0 Å². The first kappa shape index (κ1) is 10.5. The Morgan fingerprint density at radius 1 is 0.875 bits per heavy atom. The molecule has 1 heterocycles. The van der Waals surface area contributed by atoms with Crippen LogP contribution in [0.25, 0.3) is 11.1 Å². The molecule has 0 radical (unpaired) electrons. The fourth-order valence-electron chi connectivity index (χ4n) is 1.65. The Morgan fingerprint density at radius 3 is 1.94 bits per heavy atom. The SMILES string of the molecule is COc1cccc(OC)c1-c1ccncc1. The molecule has 0 N–H and O–H groups in total. The highest BCUT2D eigenvalue weighted by atomic mass is 16.5. The van der Waals surface area contributed by atoms with Crippen LogP contribution in [0.2, 0.25) is 0 Å². The molecule has 0 aliphatic rings. The molecule has 3 nitrogen and oxygen atoms in total. The van der Waals surface area contributed by atoms with Gasteiger partial charge in [-0.05, 0) is 29.8 Å². The van der Waals surface area contributed by atoms with Gasteiger partial charge in [0.05, 0.1) is 19.8 Å². The molecular formula is C13H13NO2. The summed E-state index contributed by atoms with van der Waals surface area (Å²) in [7, 11) is 3.30. The van der Waals surface area contributed by atoms with Crippen molar-refractivity contribution in [3.05, 3.63) is 42.7 Å². The Kier molecular flexibility index (Phi) is 3.05. The summed E-state index contributed by atoms with van der Waals surface area (Å²) < 4.78 is 10.7. The van der Waals surface area contributed by atoms with Gasteiger partial charge >= 0.3 is 0 Å². The highest BCUT2D eigenvalue weighted by Crippen LogP contribution is 2.37. The summed E-state index contributed by atoms with van der Waals surface area (Å²) in [6, 6.07) is 9.60. The molecule has 0 spiro atoms. The lowest BCUT2D eigenvalue weighted by atomic mass is 10.0. The first-order valence-corrected chi connectivity index (χ1v) is 4.98. The highest BCUT2D eigenvalue weighted by molar-refractivity contribution is 5.76. The Morgan fingerprint density at radius 2 is 1.44 bits per heavy atom. The molecular weight excluding hydrogens is 202 g/mol. The molecule has 0 amide bonds. The van der Waals surface area contributed by atoms with Gasteiger partial charge in [-0.2, -0.15) is 0 Å². The first-order chi connectivity index (χ1) is 7.86. The zero-order valence-electron chi connectivity index (χ0n) is 9.31. The molecule has 0 aliphatic carbocycles. The minimum Gasteiger partial charge on any atom is -0.496 e. The number of benzene rings is 1. The van der Waals surface area contributed by atoms with Crippen molar-refractivity contribution in [2.24, 2.45) is 0 Å². The topological polar surface area (TPSA) is 31.4 Å². The number of nitrogens with zero attached hydrogens (tertiary/aromatic N) is 1. The zero-order chi connectivity index (χ0) is 11.4. The van der Waals surface area contributed by atoms with Crippen molar-refractivity contribution >= 4 is 0 Å². The van der Waals surface area contributed by atoms with Gasteiger partial charge in [0.2, 0.25) is 0 Å². The van der Waals surface area contributed by atoms with Gasteiger partial charge in [0, 0.05) is 12.4 Å². The van der Waals surface area contributed by atoms with Gasteiger partial charge in [-0.3, -0.25) is 4.98 Å². The fraction of sp³-hybridized carbons (Fsp3) is 0.154. The van der Waals surface area contributed by atoms with Crippen LogP contribution in [0.4, 0.5) is 0 Å². The molecule has 3 heteroatoms. The van der Waals surface area contributed by atoms with Crippen LogP contribution in [0.3, 0.4) is 0 Å². The lowest BCUT2D eigenvalue weighted by Gasteiger charge is -2.12. The number of aromatic nitrogens is 1. The Labute approximate surface area is 94.7 Å². The van der Waals surface area contributed by atoms with Crippen molar-refractivity contribution in [1.82, 2.24) is 4.98 Å². The Bertz CT molecular complexity index is 446. The molecule has 2 rings (SSSR count). The van der Waals surface area contributed by atoms with E-state index in [1.54, 1.807) is 26.6 Å². The molecule has 0 bridgehead atoms. The molecule has 1 aromatic heterocycles. The summed E-state index contributed by atoms with van der Waals surface area (Å²) in [4.78, 5) is 4.00. The third-order valence-corrected chi connectivity index (χ3v) is 2.40.